The first-order valence-electron chi connectivity index (χ1n) is 14.1. The van der Waals surface area contributed by atoms with Crippen molar-refractivity contribution in [3.05, 3.63) is 65.7 Å². The number of hydrogen-bond donors (Lipinski definition) is 2. The van der Waals surface area contributed by atoms with E-state index >= 15 is 0 Å². The van der Waals surface area contributed by atoms with E-state index < -0.39 is 23.8 Å². The molecule has 8 heteroatoms. The number of benzene rings is 2. The number of thioether (sulfide) groups is 1. The van der Waals surface area contributed by atoms with Gasteiger partial charge in [0.2, 0.25) is 5.91 Å². The molecule has 0 aliphatic rings. The predicted molar refractivity (Wildman–Crippen MR) is 166 cm³/mol. The van der Waals surface area contributed by atoms with Gasteiger partial charge in [-0.2, -0.15) is 11.8 Å². The first-order chi connectivity index (χ1) is 18.8. The molecule has 2 N–H and O–H groups in total. The van der Waals surface area contributed by atoms with Gasteiger partial charge >= 0.3 is 6.09 Å². The second-order valence-electron chi connectivity index (χ2n) is 11.7. The van der Waals surface area contributed by atoms with E-state index in [0.29, 0.717) is 35.8 Å². The van der Waals surface area contributed by atoms with Crippen LogP contribution in [0.3, 0.4) is 0 Å². The zero-order valence-electron chi connectivity index (χ0n) is 25.3. The summed E-state index contributed by atoms with van der Waals surface area (Å²) in [4.78, 5) is 43.0. The van der Waals surface area contributed by atoms with Crippen molar-refractivity contribution in [2.45, 2.75) is 91.5 Å². The third-order valence-corrected chi connectivity index (χ3v) is 7.18. The number of carbonyl (C=O) groups is 3. The molecule has 0 bridgehead atoms. The molecule has 0 radical (unpaired) electrons. The summed E-state index contributed by atoms with van der Waals surface area (Å²) < 4.78 is 5.50. The minimum Gasteiger partial charge on any atom is -0.444 e. The van der Waals surface area contributed by atoms with Crippen LogP contribution >= 0.6 is 11.8 Å². The molecule has 2 aromatic carbocycles. The standard InChI is InChI=1S/C32H47N3O4S/c1-22(2)18-19-24(4)35(30(37)27(20-21-40-8)34-31(38)39-32(5,6)7)28(25-15-10-9-11-16-25)29(36)33-26-17-13-12-14-23(26)3/h9-17,22,24,27-28H,18-21H2,1-8H3,(H,33,36)(H,34,38). The highest BCUT2D eigenvalue weighted by Crippen LogP contribution is 2.29. The van der Waals surface area contributed by atoms with Gasteiger partial charge in [-0.05, 0) is 89.0 Å². The van der Waals surface area contributed by atoms with E-state index in [2.05, 4.69) is 24.5 Å². The molecule has 0 heterocycles. The number of nitrogens with zero attached hydrogens (tertiary/aromatic N) is 1. The van der Waals surface area contributed by atoms with Crippen molar-refractivity contribution in [1.82, 2.24) is 10.2 Å². The molecule has 3 atom stereocenters. The first-order valence-corrected chi connectivity index (χ1v) is 15.5. The van der Waals surface area contributed by atoms with Gasteiger partial charge in [0.05, 0.1) is 0 Å². The molecule has 3 unspecified atom stereocenters. The van der Waals surface area contributed by atoms with Crippen LogP contribution in [-0.2, 0) is 14.3 Å². The number of aryl methyl sites for hydroxylation is 1. The smallest absolute Gasteiger partial charge is 0.408 e. The van der Waals surface area contributed by atoms with Gasteiger partial charge in [-0.25, -0.2) is 4.79 Å². The quantitative estimate of drug-likeness (QED) is 0.272. The lowest BCUT2D eigenvalue weighted by Crippen LogP contribution is -2.55. The summed E-state index contributed by atoms with van der Waals surface area (Å²) in [7, 11) is 0. The molecule has 40 heavy (non-hydrogen) atoms. The van der Waals surface area contributed by atoms with Crippen LogP contribution in [0.2, 0.25) is 0 Å². The number of ether oxygens (including phenoxy) is 1. The fraction of sp³-hybridized carbons (Fsp3) is 0.531. The normalized spacial score (nSPS) is 13.7. The van der Waals surface area contributed by atoms with Crippen LogP contribution in [0.4, 0.5) is 10.5 Å². The van der Waals surface area contributed by atoms with Crippen LogP contribution in [-0.4, -0.2) is 52.5 Å². The van der Waals surface area contributed by atoms with Crippen molar-refractivity contribution >= 4 is 35.4 Å². The van der Waals surface area contributed by atoms with Crippen molar-refractivity contribution in [3.63, 3.8) is 0 Å². The lowest BCUT2D eigenvalue weighted by Gasteiger charge is -2.39. The summed E-state index contributed by atoms with van der Waals surface area (Å²) in [5.74, 6) is 0.491. The van der Waals surface area contributed by atoms with Gasteiger partial charge in [0, 0.05) is 11.7 Å². The van der Waals surface area contributed by atoms with E-state index in [9.17, 15) is 14.4 Å². The second-order valence-corrected chi connectivity index (χ2v) is 12.6. The number of anilines is 1. The molecule has 0 saturated heterocycles. The molecule has 7 nitrogen and oxygen atoms in total. The van der Waals surface area contributed by atoms with E-state index in [1.807, 2.05) is 74.7 Å². The van der Waals surface area contributed by atoms with Crippen LogP contribution in [0.15, 0.2) is 54.6 Å². The maximum Gasteiger partial charge on any atom is 0.408 e. The van der Waals surface area contributed by atoms with Crippen LogP contribution < -0.4 is 10.6 Å². The third-order valence-electron chi connectivity index (χ3n) is 6.54. The summed E-state index contributed by atoms with van der Waals surface area (Å²) in [6.45, 7) is 13.6. The number of carbonyl (C=O) groups excluding carboxylic acids is 3. The average Bonchev–Trinajstić information content (AvgIpc) is 2.88. The highest BCUT2D eigenvalue weighted by molar-refractivity contribution is 7.98. The predicted octanol–water partition coefficient (Wildman–Crippen LogP) is 6.97. The molecule has 0 saturated carbocycles. The zero-order valence-corrected chi connectivity index (χ0v) is 26.1. The second kappa shape index (κ2) is 15.7. The molecular formula is C32H47N3O4S. The molecule has 2 aromatic rings. The fourth-order valence-electron chi connectivity index (χ4n) is 4.42. The lowest BCUT2D eigenvalue weighted by atomic mass is 9.96. The summed E-state index contributed by atoms with van der Waals surface area (Å²) in [6.07, 6.45) is 3.32. The monoisotopic (exact) mass is 569 g/mol. The largest absolute Gasteiger partial charge is 0.444 e. The fourth-order valence-corrected chi connectivity index (χ4v) is 4.89. The molecule has 0 aliphatic heterocycles. The van der Waals surface area contributed by atoms with E-state index in [1.54, 1.807) is 37.4 Å². The lowest BCUT2D eigenvalue weighted by molar-refractivity contribution is -0.143. The molecule has 0 fully saturated rings. The van der Waals surface area contributed by atoms with Crippen molar-refractivity contribution in [2.75, 3.05) is 17.3 Å². The van der Waals surface area contributed by atoms with E-state index in [4.69, 9.17) is 4.74 Å². The number of para-hydroxylation sites is 1. The topological polar surface area (TPSA) is 87.7 Å². The maximum absolute atomic E-state index is 14.4. The maximum atomic E-state index is 14.4. The Kier molecular flexibility index (Phi) is 13.0. The van der Waals surface area contributed by atoms with Crippen molar-refractivity contribution < 1.29 is 19.1 Å². The van der Waals surface area contributed by atoms with Crippen LogP contribution in [0.25, 0.3) is 0 Å². The average molecular weight is 570 g/mol. The van der Waals surface area contributed by atoms with Crippen molar-refractivity contribution in [2.24, 2.45) is 5.92 Å². The molecule has 2 rings (SSSR count). The summed E-state index contributed by atoms with van der Waals surface area (Å²) >= 11 is 1.59. The van der Waals surface area contributed by atoms with E-state index in [0.717, 1.165) is 12.0 Å². The Labute approximate surface area is 244 Å². The number of nitrogens with one attached hydrogen (secondary N) is 2. The van der Waals surface area contributed by atoms with Crippen LogP contribution in [0.5, 0.6) is 0 Å². The Morgan fingerprint density at radius 1 is 0.925 bits per heavy atom. The van der Waals surface area contributed by atoms with Crippen LogP contribution in [0, 0.1) is 12.8 Å². The highest BCUT2D eigenvalue weighted by Gasteiger charge is 2.38. The number of hydrogen-bond acceptors (Lipinski definition) is 5. The van der Waals surface area contributed by atoms with Crippen molar-refractivity contribution in [1.29, 1.82) is 0 Å². The third kappa shape index (κ3) is 10.5. The molecular weight excluding hydrogens is 522 g/mol. The summed E-state index contributed by atoms with van der Waals surface area (Å²) in [5, 5.41) is 5.88. The van der Waals surface area contributed by atoms with Gasteiger partial charge in [-0.15, -0.1) is 0 Å². The van der Waals surface area contributed by atoms with Crippen molar-refractivity contribution in [3.8, 4) is 0 Å². The Bertz CT molecular complexity index is 1100. The highest BCUT2D eigenvalue weighted by atomic mass is 32.2. The Morgan fingerprint density at radius 3 is 2.12 bits per heavy atom. The van der Waals surface area contributed by atoms with E-state index in [-0.39, 0.29) is 17.9 Å². The van der Waals surface area contributed by atoms with Gasteiger partial charge in [-0.1, -0.05) is 62.4 Å². The number of rotatable bonds is 13. The number of alkyl carbamates (subject to hydrolysis) is 1. The van der Waals surface area contributed by atoms with Crippen LogP contribution in [0.1, 0.15) is 78.0 Å². The summed E-state index contributed by atoms with van der Waals surface area (Å²) in [5.41, 5.74) is 1.63. The van der Waals surface area contributed by atoms with Gasteiger partial charge in [0.15, 0.2) is 0 Å². The number of amides is 3. The molecule has 0 aliphatic carbocycles. The Balaban J connectivity index is 2.57. The zero-order chi connectivity index (χ0) is 29.9. The SMILES string of the molecule is CSCCC(NC(=O)OC(C)(C)C)C(=O)N(C(C)CCC(C)C)C(C(=O)Nc1ccccc1C)c1ccccc1. The molecule has 0 spiro atoms. The molecule has 220 valence electrons. The minimum absolute atomic E-state index is 0.264. The van der Waals surface area contributed by atoms with Gasteiger partial charge in [0.25, 0.3) is 5.91 Å². The first kappa shape index (κ1) is 33.2. The molecule has 0 aromatic heterocycles. The Morgan fingerprint density at radius 2 is 1.55 bits per heavy atom. The van der Waals surface area contributed by atoms with Gasteiger partial charge < -0.3 is 20.3 Å². The molecule has 3 amide bonds. The van der Waals surface area contributed by atoms with Gasteiger partial charge in [-0.3, -0.25) is 9.59 Å². The van der Waals surface area contributed by atoms with Gasteiger partial charge in [0.1, 0.15) is 17.7 Å². The van der Waals surface area contributed by atoms with E-state index in [1.165, 1.54) is 0 Å². The Hall–Kier alpha value is -3.00. The minimum atomic E-state index is -0.896. The summed E-state index contributed by atoms with van der Waals surface area (Å²) in [6, 6.07) is 14.9.